The molecule has 0 bridgehead atoms. The van der Waals surface area contributed by atoms with Gasteiger partial charge in [-0.1, -0.05) is 36.4 Å². The lowest BCUT2D eigenvalue weighted by atomic mass is 10.1. The molecule has 26 heavy (non-hydrogen) atoms. The first-order valence-corrected chi connectivity index (χ1v) is 8.89. The Labute approximate surface area is 155 Å². The molecule has 1 N–H and O–H groups in total. The fourth-order valence-electron chi connectivity index (χ4n) is 2.72. The van der Waals surface area contributed by atoms with E-state index in [9.17, 15) is 9.90 Å². The largest absolute Gasteiger partial charge is 0.493 e. The van der Waals surface area contributed by atoms with Gasteiger partial charge in [-0.15, -0.1) is 11.3 Å². The minimum absolute atomic E-state index is 0.296. The van der Waals surface area contributed by atoms with E-state index in [4.69, 9.17) is 9.47 Å². The molecule has 1 heterocycles. The van der Waals surface area contributed by atoms with Crippen LogP contribution >= 0.6 is 11.3 Å². The molecule has 1 aromatic heterocycles. The average molecular weight is 369 g/mol. The fraction of sp³-hybridized carbons (Fsp3) is 0.200. The standard InChI is InChI=1S/C20H19NO4S/c1-24-16-9-8-14(11-17(16)25-2)12-18-21-15(19(26-18)20(22)23)10-13-6-4-3-5-7-13/h3-9,11H,10,12H2,1-2H3,(H,22,23). The van der Waals surface area contributed by atoms with Crippen molar-refractivity contribution in [3.63, 3.8) is 0 Å². The maximum absolute atomic E-state index is 11.6. The van der Waals surface area contributed by atoms with Crippen LogP contribution in [0, 0.1) is 0 Å². The van der Waals surface area contributed by atoms with Gasteiger partial charge in [0.25, 0.3) is 0 Å². The highest BCUT2D eigenvalue weighted by Gasteiger charge is 2.18. The minimum atomic E-state index is -0.938. The Morgan fingerprint density at radius 3 is 2.38 bits per heavy atom. The zero-order valence-corrected chi connectivity index (χ0v) is 15.4. The number of benzene rings is 2. The molecule has 0 radical (unpaired) electrons. The van der Waals surface area contributed by atoms with Gasteiger partial charge in [0.15, 0.2) is 11.5 Å². The quantitative estimate of drug-likeness (QED) is 0.681. The number of rotatable bonds is 7. The van der Waals surface area contributed by atoms with Crippen molar-refractivity contribution in [2.75, 3.05) is 14.2 Å². The molecule has 2 aromatic carbocycles. The van der Waals surface area contributed by atoms with Gasteiger partial charge in [-0.3, -0.25) is 0 Å². The molecule has 6 heteroatoms. The van der Waals surface area contributed by atoms with E-state index in [1.165, 1.54) is 11.3 Å². The van der Waals surface area contributed by atoms with Crippen molar-refractivity contribution in [1.82, 2.24) is 4.98 Å². The molecule has 0 aliphatic carbocycles. The number of hydrogen-bond acceptors (Lipinski definition) is 5. The van der Waals surface area contributed by atoms with Gasteiger partial charge in [0.2, 0.25) is 0 Å². The first kappa shape index (κ1) is 17.9. The van der Waals surface area contributed by atoms with E-state index < -0.39 is 5.97 Å². The van der Waals surface area contributed by atoms with Gasteiger partial charge in [-0.05, 0) is 23.3 Å². The number of nitrogens with zero attached hydrogens (tertiary/aromatic N) is 1. The Hall–Kier alpha value is -2.86. The molecule has 5 nitrogen and oxygen atoms in total. The number of thiazole rings is 1. The number of hydrogen-bond donors (Lipinski definition) is 1. The molecular weight excluding hydrogens is 350 g/mol. The second-order valence-corrected chi connectivity index (χ2v) is 6.80. The lowest BCUT2D eigenvalue weighted by Gasteiger charge is -2.08. The van der Waals surface area contributed by atoms with E-state index in [0.29, 0.717) is 34.9 Å². The summed E-state index contributed by atoms with van der Waals surface area (Å²) < 4.78 is 10.6. The third-order valence-electron chi connectivity index (χ3n) is 3.95. The van der Waals surface area contributed by atoms with Crippen LogP contribution in [0.15, 0.2) is 48.5 Å². The Bertz CT molecular complexity index is 905. The summed E-state index contributed by atoms with van der Waals surface area (Å²) >= 11 is 1.22. The highest BCUT2D eigenvalue weighted by atomic mass is 32.1. The summed E-state index contributed by atoms with van der Waals surface area (Å²) in [6.07, 6.45) is 1.05. The molecule has 0 spiro atoms. The Morgan fingerprint density at radius 1 is 1.00 bits per heavy atom. The van der Waals surface area contributed by atoms with Crippen LogP contribution in [0.2, 0.25) is 0 Å². The third-order valence-corrected chi connectivity index (χ3v) is 5.04. The molecule has 0 fully saturated rings. The molecule has 0 amide bonds. The van der Waals surface area contributed by atoms with Gasteiger partial charge < -0.3 is 14.6 Å². The first-order valence-electron chi connectivity index (χ1n) is 8.07. The number of aromatic carboxylic acids is 1. The van der Waals surface area contributed by atoms with Gasteiger partial charge >= 0.3 is 5.97 Å². The molecule has 3 aromatic rings. The highest BCUT2D eigenvalue weighted by molar-refractivity contribution is 7.13. The van der Waals surface area contributed by atoms with Crippen molar-refractivity contribution in [3.05, 3.63) is 75.2 Å². The smallest absolute Gasteiger partial charge is 0.347 e. The molecule has 3 rings (SSSR count). The number of aromatic nitrogens is 1. The minimum Gasteiger partial charge on any atom is -0.493 e. The number of carboxylic acids is 1. The van der Waals surface area contributed by atoms with Crippen molar-refractivity contribution in [2.45, 2.75) is 12.8 Å². The van der Waals surface area contributed by atoms with Crippen LogP contribution in [-0.2, 0) is 12.8 Å². The summed E-state index contributed by atoms with van der Waals surface area (Å²) in [6.45, 7) is 0. The number of methoxy groups -OCH3 is 2. The summed E-state index contributed by atoms with van der Waals surface area (Å²) in [5.74, 6) is 0.364. The van der Waals surface area contributed by atoms with Gasteiger partial charge in [-0.25, -0.2) is 9.78 Å². The van der Waals surface area contributed by atoms with E-state index >= 15 is 0 Å². The summed E-state index contributed by atoms with van der Waals surface area (Å²) in [5, 5.41) is 10.3. The monoisotopic (exact) mass is 369 g/mol. The average Bonchev–Trinajstić information content (AvgIpc) is 3.05. The van der Waals surface area contributed by atoms with Crippen molar-refractivity contribution in [3.8, 4) is 11.5 Å². The predicted octanol–water partition coefficient (Wildman–Crippen LogP) is 4.04. The van der Waals surface area contributed by atoms with Crippen molar-refractivity contribution >= 4 is 17.3 Å². The van der Waals surface area contributed by atoms with Crippen LogP contribution < -0.4 is 9.47 Å². The van der Waals surface area contributed by atoms with E-state index in [1.54, 1.807) is 14.2 Å². The number of ether oxygens (including phenoxy) is 2. The zero-order chi connectivity index (χ0) is 18.5. The molecule has 134 valence electrons. The maximum atomic E-state index is 11.6. The van der Waals surface area contributed by atoms with Crippen molar-refractivity contribution < 1.29 is 19.4 Å². The third kappa shape index (κ3) is 4.03. The van der Waals surface area contributed by atoms with Crippen LogP contribution in [0.1, 0.15) is 31.5 Å². The van der Waals surface area contributed by atoms with Crippen LogP contribution in [0.3, 0.4) is 0 Å². The summed E-state index contributed by atoms with van der Waals surface area (Å²) in [5.41, 5.74) is 2.63. The number of carbonyl (C=O) groups is 1. The zero-order valence-electron chi connectivity index (χ0n) is 14.6. The van der Waals surface area contributed by atoms with Gasteiger partial charge in [-0.2, -0.15) is 0 Å². The SMILES string of the molecule is COc1ccc(Cc2nc(Cc3ccccc3)c(C(=O)O)s2)cc1OC. The van der Waals surface area contributed by atoms with Gasteiger partial charge in [0, 0.05) is 12.8 Å². The van der Waals surface area contributed by atoms with E-state index in [2.05, 4.69) is 4.98 Å². The summed E-state index contributed by atoms with van der Waals surface area (Å²) in [6, 6.07) is 15.4. The van der Waals surface area contributed by atoms with Gasteiger partial charge in [0.1, 0.15) is 4.88 Å². The van der Waals surface area contributed by atoms with Crippen molar-refractivity contribution in [1.29, 1.82) is 0 Å². The number of carboxylic acid groups (broad SMARTS) is 1. The molecule has 0 saturated heterocycles. The molecule has 0 atom stereocenters. The molecule has 0 saturated carbocycles. The van der Waals surface area contributed by atoms with E-state index in [-0.39, 0.29) is 0 Å². The normalized spacial score (nSPS) is 10.5. The molecule has 0 aliphatic heterocycles. The van der Waals surface area contributed by atoms with Crippen molar-refractivity contribution in [2.24, 2.45) is 0 Å². The summed E-state index contributed by atoms with van der Waals surface area (Å²) in [7, 11) is 3.18. The van der Waals surface area contributed by atoms with Gasteiger partial charge in [0.05, 0.1) is 24.9 Å². The highest BCUT2D eigenvalue weighted by Crippen LogP contribution is 2.30. The Balaban J connectivity index is 1.87. The maximum Gasteiger partial charge on any atom is 0.347 e. The van der Waals surface area contributed by atoms with E-state index in [0.717, 1.165) is 16.1 Å². The lowest BCUT2D eigenvalue weighted by molar-refractivity contribution is 0.0701. The van der Waals surface area contributed by atoms with Crippen LogP contribution in [0.4, 0.5) is 0 Å². The first-order chi connectivity index (χ1) is 12.6. The molecular formula is C20H19NO4S. The fourth-order valence-corrected chi connectivity index (χ4v) is 3.67. The predicted molar refractivity (Wildman–Crippen MR) is 101 cm³/mol. The van der Waals surface area contributed by atoms with Crippen LogP contribution in [0.25, 0.3) is 0 Å². The summed E-state index contributed by atoms with van der Waals surface area (Å²) in [4.78, 5) is 16.5. The lowest BCUT2D eigenvalue weighted by Crippen LogP contribution is -2.00. The topological polar surface area (TPSA) is 68.7 Å². The Kier molecular flexibility index (Phi) is 5.53. The molecule has 0 unspecified atom stereocenters. The van der Waals surface area contributed by atoms with E-state index in [1.807, 2.05) is 48.5 Å². The van der Waals surface area contributed by atoms with Crippen LogP contribution in [-0.4, -0.2) is 30.3 Å². The second-order valence-electron chi connectivity index (χ2n) is 5.72. The van der Waals surface area contributed by atoms with Crippen LogP contribution in [0.5, 0.6) is 11.5 Å². The second kappa shape index (κ2) is 8.01. The Morgan fingerprint density at radius 2 is 1.73 bits per heavy atom. The molecule has 0 aliphatic rings.